The van der Waals surface area contributed by atoms with Crippen LogP contribution in [0.15, 0.2) is 0 Å². The van der Waals surface area contributed by atoms with E-state index >= 15 is 0 Å². The summed E-state index contributed by atoms with van der Waals surface area (Å²) in [7, 11) is 0. The zero-order valence-electron chi connectivity index (χ0n) is 15.8. The van der Waals surface area contributed by atoms with E-state index in [-0.39, 0.29) is 19.0 Å². The van der Waals surface area contributed by atoms with E-state index in [0.717, 1.165) is 6.42 Å². The van der Waals surface area contributed by atoms with Crippen LogP contribution in [-0.4, -0.2) is 43.9 Å². The predicted octanol–water partition coefficient (Wildman–Crippen LogP) is 4.83. The maximum atomic E-state index is 8.73. The van der Waals surface area contributed by atoms with Crippen molar-refractivity contribution in [1.82, 2.24) is 0 Å². The molecule has 0 aromatic heterocycles. The molecule has 1 saturated heterocycles. The molecule has 0 unspecified atom stereocenters. The third-order valence-electron chi connectivity index (χ3n) is 4.64. The number of rotatable bonds is 16. The molecular formula is C20H40O4. The molecule has 0 saturated carbocycles. The van der Waals surface area contributed by atoms with Gasteiger partial charge in [-0.25, -0.2) is 0 Å². The number of unbranched alkanes of at least 4 members (excludes halogenated alkanes) is 10. The molecule has 0 aromatic rings. The minimum Gasteiger partial charge on any atom is -0.396 e. The monoisotopic (exact) mass is 344 g/mol. The fraction of sp³-hybridized carbons (Fsp3) is 1.00. The third-order valence-corrected chi connectivity index (χ3v) is 4.64. The van der Waals surface area contributed by atoms with Crippen LogP contribution in [0.25, 0.3) is 0 Å². The van der Waals surface area contributed by atoms with Gasteiger partial charge in [0.1, 0.15) is 6.10 Å². The first-order valence-corrected chi connectivity index (χ1v) is 10.3. The quantitative estimate of drug-likeness (QED) is 0.407. The van der Waals surface area contributed by atoms with E-state index in [1.54, 1.807) is 0 Å². The van der Waals surface area contributed by atoms with Gasteiger partial charge in [0.25, 0.3) is 0 Å². The summed E-state index contributed by atoms with van der Waals surface area (Å²) in [5, 5.41) is 8.73. The maximum absolute atomic E-state index is 8.73. The highest BCUT2D eigenvalue weighted by Gasteiger charge is 2.22. The Kier molecular flexibility index (Phi) is 14.9. The van der Waals surface area contributed by atoms with Crippen molar-refractivity contribution in [2.45, 2.75) is 103 Å². The molecule has 0 atom stereocenters. The normalized spacial score (nSPS) is 21.2. The number of hydrogen-bond donors (Lipinski definition) is 1. The summed E-state index contributed by atoms with van der Waals surface area (Å²) >= 11 is 0. The second kappa shape index (κ2) is 16.3. The van der Waals surface area contributed by atoms with Crippen LogP contribution in [0.5, 0.6) is 0 Å². The van der Waals surface area contributed by atoms with E-state index < -0.39 is 0 Å². The summed E-state index contributed by atoms with van der Waals surface area (Å²) in [6.07, 6.45) is 16.7. The van der Waals surface area contributed by atoms with Gasteiger partial charge in [0.2, 0.25) is 0 Å². The molecule has 0 amide bonds. The lowest BCUT2D eigenvalue weighted by molar-refractivity contribution is -0.228. The molecule has 1 heterocycles. The standard InChI is InChI=1S/C20H40O4/c1-2-3-4-5-6-7-8-9-10-11-12-14-20-23-17-19(18-24-20)22-16-13-15-21/h19-21H,2-18H2,1H3. The summed E-state index contributed by atoms with van der Waals surface area (Å²) in [4.78, 5) is 0. The minimum absolute atomic E-state index is 0.0325. The largest absolute Gasteiger partial charge is 0.396 e. The number of aliphatic hydroxyl groups is 1. The van der Waals surface area contributed by atoms with Crippen molar-refractivity contribution in [3.63, 3.8) is 0 Å². The Morgan fingerprint density at radius 2 is 1.33 bits per heavy atom. The topological polar surface area (TPSA) is 47.9 Å². The molecule has 1 rings (SSSR count). The highest BCUT2D eigenvalue weighted by Crippen LogP contribution is 2.16. The average molecular weight is 345 g/mol. The first-order chi connectivity index (χ1) is 11.9. The van der Waals surface area contributed by atoms with Crippen molar-refractivity contribution in [3.05, 3.63) is 0 Å². The SMILES string of the molecule is CCCCCCCCCCCCCC1OCC(OCCCO)CO1. The van der Waals surface area contributed by atoms with Crippen molar-refractivity contribution >= 4 is 0 Å². The van der Waals surface area contributed by atoms with Gasteiger partial charge in [-0.15, -0.1) is 0 Å². The van der Waals surface area contributed by atoms with Gasteiger partial charge in [-0.3, -0.25) is 0 Å². The first kappa shape index (κ1) is 21.9. The highest BCUT2D eigenvalue weighted by atomic mass is 16.7. The van der Waals surface area contributed by atoms with Crippen molar-refractivity contribution in [3.8, 4) is 0 Å². The molecule has 1 N–H and O–H groups in total. The van der Waals surface area contributed by atoms with Gasteiger partial charge in [-0.1, -0.05) is 71.1 Å². The zero-order chi connectivity index (χ0) is 17.3. The molecule has 0 bridgehead atoms. The molecule has 144 valence electrons. The lowest BCUT2D eigenvalue weighted by Crippen LogP contribution is -2.37. The Morgan fingerprint density at radius 3 is 1.88 bits per heavy atom. The van der Waals surface area contributed by atoms with Gasteiger partial charge >= 0.3 is 0 Å². The van der Waals surface area contributed by atoms with Crippen molar-refractivity contribution in [1.29, 1.82) is 0 Å². The summed E-state index contributed by atoms with van der Waals surface area (Å²) in [5.41, 5.74) is 0. The Labute approximate surface area is 149 Å². The smallest absolute Gasteiger partial charge is 0.157 e. The van der Waals surface area contributed by atoms with E-state index in [0.29, 0.717) is 26.2 Å². The van der Waals surface area contributed by atoms with Crippen molar-refractivity contribution in [2.75, 3.05) is 26.4 Å². The molecular weight excluding hydrogens is 304 g/mol. The molecule has 1 fully saturated rings. The lowest BCUT2D eigenvalue weighted by atomic mass is 10.1. The Balaban J connectivity index is 1.80. The molecule has 0 aliphatic carbocycles. The highest BCUT2D eigenvalue weighted by molar-refractivity contribution is 4.63. The first-order valence-electron chi connectivity index (χ1n) is 10.3. The summed E-state index contributed by atoms with van der Waals surface area (Å²) < 4.78 is 17.0. The fourth-order valence-electron chi connectivity index (χ4n) is 3.08. The van der Waals surface area contributed by atoms with Crippen LogP contribution in [0, 0.1) is 0 Å². The maximum Gasteiger partial charge on any atom is 0.157 e. The Morgan fingerprint density at radius 1 is 0.792 bits per heavy atom. The summed E-state index contributed by atoms with van der Waals surface area (Å²) in [5.74, 6) is 0. The second-order valence-electron chi connectivity index (χ2n) is 6.99. The lowest BCUT2D eigenvalue weighted by Gasteiger charge is -2.29. The van der Waals surface area contributed by atoms with E-state index in [4.69, 9.17) is 19.3 Å². The van der Waals surface area contributed by atoms with E-state index in [1.807, 2.05) is 0 Å². The van der Waals surface area contributed by atoms with Crippen LogP contribution < -0.4 is 0 Å². The third kappa shape index (κ3) is 12.2. The van der Waals surface area contributed by atoms with E-state index in [1.165, 1.54) is 70.6 Å². The molecule has 24 heavy (non-hydrogen) atoms. The van der Waals surface area contributed by atoms with Crippen LogP contribution in [0.4, 0.5) is 0 Å². The van der Waals surface area contributed by atoms with Crippen LogP contribution >= 0.6 is 0 Å². The van der Waals surface area contributed by atoms with Crippen LogP contribution in [0.3, 0.4) is 0 Å². The number of aliphatic hydroxyl groups excluding tert-OH is 1. The predicted molar refractivity (Wildman–Crippen MR) is 98.2 cm³/mol. The zero-order valence-corrected chi connectivity index (χ0v) is 15.8. The van der Waals surface area contributed by atoms with Crippen LogP contribution in [-0.2, 0) is 14.2 Å². The molecule has 1 aliphatic heterocycles. The van der Waals surface area contributed by atoms with E-state index in [9.17, 15) is 0 Å². The molecule has 4 heteroatoms. The minimum atomic E-state index is -0.0405. The van der Waals surface area contributed by atoms with Gasteiger partial charge in [0.05, 0.1) is 13.2 Å². The van der Waals surface area contributed by atoms with Crippen molar-refractivity contribution in [2.24, 2.45) is 0 Å². The number of ether oxygens (including phenoxy) is 3. The summed E-state index contributed by atoms with van der Waals surface area (Å²) in [6.45, 7) is 4.27. The Bertz CT molecular complexity index is 252. The number of hydrogen-bond acceptors (Lipinski definition) is 4. The van der Waals surface area contributed by atoms with Gasteiger partial charge in [0, 0.05) is 13.2 Å². The fourth-order valence-corrected chi connectivity index (χ4v) is 3.08. The van der Waals surface area contributed by atoms with E-state index in [2.05, 4.69) is 6.92 Å². The van der Waals surface area contributed by atoms with Crippen molar-refractivity contribution < 1.29 is 19.3 Å². The Hall–Kier alpha value is -0.160. The molecule has 1 aliphatic rings. The van der Waals surface area contributed by atoms with Crippen LogP contribution in [0.1, 0.15) is 90.4 Å². The van der Waals surface area contributed by atoms with Gasteiger partial charge in [-0.05, 0) is 19.3 Å². The molecule has 0 radical (unpaired) electrons. The summed E-state index contributed by atoms with van der Waals surface area (Å²) in [6, 6.07) is 0. The average Bonchev–Trinajstić information content (AvgIpc) is 2.61. The van der Waals surface area contributed by atoms with Gasteiger partial charge in [-0.2, -0.15) is 0 Å². The van der Waals surface area contributed by atoms with Crippen LogP contribution in [0.2, 0.25) is 0 Å². The molecule has 4 nitrogen and oxygen atoms in total. The second-order valence-corrected chi connectivity index (χ2v) is 6.99. The molecule has 0 aromatic carbocycles. The van der Waals surface area contributed by atoms with Gasteiger partial charge in [0.15, 0.2) is 6.29 Å². The molecule has 0 spiro atoms. The van der Waals surface area contributed by atoms with Gasteiger partial charge < -0.3 is 19.3 Å².